The standard InChI is InChI=1S/C15H17BrN2O2/c1-9-10(2)14-12(6-13(9)16)15(19)18(8-17-14)7-11-4-3-5-20-11/h6,8,11H,3-5,7H2,1-2H3. The van der Waals surface area contributed by atoms with Crippen molar-refractivity contribution in [3.8, 4) is 0 Å². The van der Waals surface area contributed by atoms with Crippen LogP contribution in [0.2, 0.25) is 0 Å². The van der Waals surface area contributed by atoms with E-state index >= 15 is 0 Å². The van der Waals surface area contributed by atoms with Gasteiger partial charge in [-0.1, -0.05) is 15.9 Å². The molecule has 5 heteroatoms. The Labute approximate surface area is 125 Å². The SMILES string of the molecule is Cc1c(Br)cc2c(=O)n(CC3CCCO3)cnc2c1C. The summed E-state index contributed by atoms with van der Waals surface area (Å²) in [5, 5.41) is 0.667. The second-order valence-electron chi connectivity index (χ2n) is 5.34. The van der Waals surface area contributed by atoms with E-state index in [0.29, 0.717) is 11.9 Å². The van der Waals surface area contributed by atoms with Gasteiger partial charge in [0.2, 0.25) is 0 Å². The molecule has 0 N–H and O–H groups in total. The number of halogens is 1. The third kappa shape index (κ3) is 2.29. The fourth-order valence-electron chi connectivity index (χ4n) is 2.66. The molecule has 106 valence electrons. The van der Waals surface area contributed by atoms with Crippen molar-refractivity contribution < 1.29 is 4.74 Å². The fourth-order valence-corrected chi connectivity index (χ4v) is 3.19. The average Bonchev–Trinajstić information content (AvgIpc) is 2.93. The molecule has 1 saturated heterocycles. The van der Waals surface area contributed by atoms with Gasteiger partial charge in [-0.2, -0.15) is 0 Å². The molecule has 1 atom stereocenters. The summed E-state index contributed by atoms with van der Waals surface area (Å²) >= 11 is 3.51. The minimum Gasteiger partial charge on any atom is -0.376 e. The highest BCUT2D eigenvalue weighted by Gasteiger charge is 2.18. The Morgan fingerprint density at radius 1 is 1.45 bits per heavy atom. The van der Waals surface area contributed by atoms with Gasteiger partial charge in [-0.05, 0) is 43.9 Å². The molecule has 0 amide bonds. The van der Waals surface area contributed by atoms with Gasteiger partial charge in [-0.3, -0.25) is 9.36 Å². The topological polar surface area (TPSA) is 44.1 Å². The Balaban J connectivity index is 2.10. The van der Waals surface area contributed by atoms with Crippen LogP contribution in [0.1, 0.15) is 24.0 Å². The Morgan fingerprint density at radius 3 is 2.95 bits per heavy atom. The van der Waals surface area contributed by atoms with E-state index in [-0.39, 0.29) is 11.7 Å². The van der Waals surface area contributed by atoms with Crippen molar-refractivity contribution >= 4 is 26.8 Å². The van der Waals surface area contributed by atoms with Crippen LogP contribution in [0.15, 0.2) is 21.7 Å². The van der Waals surface area contributed by atoms with E-state index in [2.05, 4.69) is 20.9 Å². The van der Waals surface area contributed by atoms with E-state index in [9.17, 15) is 4.79 Å². The minimum absolute atomic E-state index is 0.00861. The zero-order valence-electron chi connectivity index (χ0n) is 11.6. The van der Waals surface area contributed by atoms with Crippen LogP contribution in [-0.4, -0.2) is 22.3 Å². The lowest BCUT2D eigenvalue weighted by Crippen LogP contribution is -2.26. The summed E-state index contributed by atoms with van der Waals surface area (Å²) in [7, 11) is 0. The highest BCUT2D eigenvalue weighted by Crippen LogP contribution is 2.25. The number of aromatic nitrogens is 2. The van der Waals surface area contributed by atoms with Crippen LogP contribution in [0.4, 0.5) is 0 Å². The normalized spacial score (nSPS) is 18.9. The summed E-state index contributed by atoms with van der Waals surface area (Å²) in [5.74, 6) is 0. The number of aryl methyl sites for hydroxylation is 1. The number of nitrogens with zero attached hydrogens (tertiary/aromatic N) is 2. The lowest BCUT2D eigenvalue weighted by Gasteiger charge is -2.13. The number of hydrogen-bond acceptors (Lipinski definition) is 3. The van der Waals surface area contributed by atoms with E-state index in [1.54, 1.807) is 10.9 Å². The van der Waals surface area contributed by atoms with Crippen molar-refractivity contribution in [3.63, 3.8) is 0 Å². The molecule has 2 heterocycles. The summed E-state index contributed by atoms with van der Waals surface area (Å²) in [6.07, 6.45) is 3.87. The predicted octanol–water partition coefficient (Wildman–Crippen LogP) is 2.95. The van der Waals surface area contributed by atoms with Gasteiger partial charge >= 0.3 is 0 Å². The Kier molecular flexibility index (Phi) is 3.65. The van der Waals surface area contributed by atoms with Crippen molar-refractivity contribution in [2.75, 3.05) is 6.61 Å². The summed E-state index contributed by atoms with van der Waals surface area (Å²) < 4.78 is 8.21. The quantitative estimate of drug-likeness (QED) is 0.846. The summed E-state index contributed by atoms with van der Waals surface area (Å²) in [6.45, 7) is 5.41. The maximum absolute atomic E-state index is 12.6. The smallest absolute Gasteiger partial charge is 0.261 e. The monoisotopic (exact) mass is 336 g/mol. The first-order valence-corrected chi connectivity index (χ1v) is 7.63. The molecule has 1 unspecified atom stereocenters. The lowest BCUT2D eigenvalue weighted by atomic mass is 10.1. The number of hydrogen-bond donors (Lipinski definition) is 0. The molecular weight excluding hydrogens is 320 g/mol. The first-order valence-electron chi connectivity index (χ1n) is 6.84. The second kappa shape index (κ2) is 5.30. The summed E-state index contributed by atoms with van der Waals surface area (Å²) in [5.41, 5.74) is 2.98. The molecule has 1 aliphatic rings. The van der Waals surface area contributed by atoms with E-state index in [1.165, 1.54) is 0 Å². The Hall–Kier alpha value is -1.20. The maximum Gasteiger partial charge on any atom is 0.261 e. The van der Waals surface area contributed by atoms with Gasteiger partial charge in [0, 0.05) is 11.1 Å². The van der Waals surface area contributed by atoms with Gasteiger partial charge in [0.25, 0.3) is 5.56 Å². The van der Waals surface area contributed by atoms with Crippen LogP contribution in [0.25, 0.3) is 10.9 Å². The zero-order chi connectivity index (χ0) is 14.3. The van der Waals surface area contributed by atoms with Crippen molar-refractivity contribution in [2.24, 2.45) is 0 Å². The van der Waals surface area contributed by atoms with E-state index in [4.69, 9.17) is 4.74 Å². The molecule has 0 aliphatic carbocycles. The first kappa shape index (κ1) is 13.8. The van der Waals surface area contributed by atoms with Crippen LogP contribution in [-0.2, 0) is 11.3 Å². The molecule has 2 aromatic rings. The van der Waals surface area contributed by atoms with Crippen molar-refractivity contribution in [3.05, 3.63) is 38.3 Å². The third-order valence-electron chi connectivity index (χ3n) is 4.04. The molecule has 1 aliphatic heterocycles. The van der Waals surface area contributed by atoms with E-state index < -0.39 is 0 Å². The molecule has 1 aromatic carbocycles. The van der Waals surface area contributed by atoms with Gasteiger partial charge in [-0.15, -0.1) is 0 Å². The number of fused-ring (bicyclic) bond motifs is 1. The van der Waals surface area contributed by atoms with Crippen molar-refractivity contribution in [1.82, 2.24) is 9.55 Å². The van der Waals surface area contributed by atoms with Crippen LogP contribution in [0, 0.1) is 13.8 Å². The van der Waals surface area contributed by atoms with Crippen molar-refractivity contribution in [2.45, 2.75) is 39.3 Å². The molecule has 4 nitrogen and oxygen atoms in total. The van der Waals surface area contributed by atoms with Gasteiger partial charge in [0.1, 0.15) is 0 Å². The van der Waals surface area contributed by atoms with Crippen molar-refractivity contribution in [1.29, 1.82) is 0 Å². The Bertz CT molecular complexity index is 718. The molecule has 0 saturated carbocycles. The van der Waals surface area contributed by atoms with Crippen LogP contribution < -0.4 is 5.56 Å². The largest absolute Gasteiger partial charge is 0.376 e. The lowest BCUT2D eigenvalue weighted by molar-refractivity contribution is 0.0960. The molecular formula is C15H17BrN2O2. The van der Waals surface area contributed by atoms with Gasteiger partial charge in [-0.25, -0.2) is 4.98 Å². The molecule has 0 radical (unpaired) electrons. The molecule has 1 aromatic heterocycles. The maximum atomic E-state index is 12.6. The number of ether oxygens (including phenoxy) is 1. The number of benzene rings is 1. The molecule has 0 spiro atoms. The van der Waals surface area contributed by atoms with E-state index in [0.717, 1.165) is 40.6 Å². The molecule has 0 bridgehead atoms. The van der Waals surface area contributed by atoms with Crippen LogP contribution >= 0.6 is 15.9 Å². The summed E-state index contributed by atoms with van der Waals surface area (Å²) in [6, 6.07) is 1.87. The average molecular weight is 337 g/mol. The fraction of sp³-hybridized carbons (Fsp3) is 0.467. The van der Waals surface area contributed by atoms with Gasteiger partial charge < -0.3 is 4.74 Å². The van der Waals surface area contributed by atoms with Crippen LogP contribution in [0.3, 0.4) is 0 Å². The first-order chi connectivity index (χ1) is 9.58. The number of rotatable bonds is 2. The highest BCUT2D eigenvalue weighted by molar-refractivity contribution is 9.10. The predicted molar refractivity (Wildman–Crippen MR) is 82.2 cm³/mol. The van der Waals surface area contributed by atoms with Gasteiger partial charge in [0.15, 0.2) is 0 Å². The Morgan fingerprint density at radius 2 is 2.25 bits per heavy atom. The van der Waals surface area contributed by atoms with E-state index in [1.807, 2.05) is 19.9 Å². The zero-order valence-corrected chi connectivity index (χ0v) is 13.2. The highest BCUT2D eigenvalue weighted by atomic mass is 79.9. The van der Waals surface area contributed by atoms with Crippen LogP contribution in [0.5, 0.6) is 0 Å². The molecule has 1 fully saturated rings. The minimum atomic E-state index is 0.00861. The molecule has 20 heavy (non-hydrogen) atoms. The molecule has 3 rings (SSSR count). The summed E-state index contributed by atoms with van der Waals surface area (Å²) in [4.78, 5) is 17.1. The second-order valence-corrected chi connectivity index (χ2v) is 6.20. The van der Waals surface area contributed by atoms with Gasteiger partial charge in [0.05, 0.1) is 29.9 Å². The third-order valence-corrected chi connectivity index (χ3v) is 4.87.